The Morgan fingerprint density at radius 3 is 2.46 bits per heavy atom. The molecule has 3 amide bonds. The van der Waals surface area contributed by atoms with Crippen LogP contribution in [-0.2, 0) is 6.42 Å². The van der Waals surface area contributed by atoms with Crippen molar-refractivity contribution in [2.45, 2.75) is 26.3 Å². The summed E-state index contributed by atoms with van der Waals surface area (Å²) in [5.74, 6) is -0.128. The number of hydrogen-bond donors (Lipinski definition) is 3. The van der Waals surface area contributed by atoms with Gasteiger partial charge in [0.1, 0.15) is 0 Å². The Morgan fingerprint density at radius 1 is 1.08 bits per heavy atom. The van der Waals surface area contributed by atoms with Gasteiger partial charge in [-0.05, 0) is 50.2 Å². The Kier molecular flexibility index (Phi) is 6.31. The molecule has 0 aliphatic carbocycles. The van der Waals surface area contributed by atoms with E-state index in [4.69, 9.17) is 0 Å². The van der Waals surface area contributed by atoms with Gasteiger partial charge in [-0.1, -0.05) is 6.07 Å². The quantitative estimate of drug-likeness (QED) is 0.763. The van der Waals surface area contributed by atoms with Crippen molar-refractivity contribution in [3.63, 3.8) is 0 Å². The Hall–Kier alpha value is -2.89. The molecule has 0 aliphatic heterocycles. The molecule has 6 heteroatoms. The van der Waals surface area contributed by atoms with Crippen molar-refractivity contribution in [2.24, 2.45) is 0 Å². The van der Waals surface area contributed by atoms with Gasteiger partial charge in [-0.15, -0.1) is 0 Å². The summed E-state index contributed by atoms with van der Waals surface area (Å²) in [6.07, 6.45) is 2.40. The number of hydrogen-bond acceptors (Lipinski definition) is 3. The molecule has 2 rings (SSSR count). The molecule has 1 heterocycles. The average molecular weight is 326 g/mol. The van der Waals surface area contributed by atoms with Crippen LogP contribution < -0.4 is 16.0 Å². The minimum Gasteiger partial charge on any atom is -0.350 e. The van der Waals surface area contributed by atoms with Crippen LogP contribution in [0.3, 0.4) is 0 Å². The van der Waals surface area contributed by atoms with E-state index in [2.05, 4.69) is 20.9 Å². The van der Waals surface area contributed by atoms with Crippen LogP contribution in [0.4, 0.5) is 10.5 Å². The minimum absolute atomic E-state index is 0.0835. The molecule has 3 N–H and O–H groups in total. The van der Waals surface area contributed by atoms with Gasteiger partial charge in [-0.2, -0.15) is 0 Å². The summed E-state index contributed by atoms with van der Waals surface area (Å²) in [6, 6.07) is 12.3. The van der Waals surface area contributed by atoms with E-state index >= 15 is 0 Å². The normalized spacial score (nSPS) is 10.3. The van der Waals surface area contributed by atoms with Crippen LogP contribution in [0.5, 0.6) is 0 Å². The van der Waals surface area contributed by atoms with Crippen molar-refractivity contribution in [1.29, 1.82) is 0 Å². The van der Waals surface area contributed by atoms with Crippen LogP contribution in [0.2, 0.25) is 0 Å². The first-order valence-electron chi connectivity index (χ1n) is 7.90. The number of nitrogens with zero attached hydrogens (tertiary/aromatic N) is 1. The van der Waals surface area contributed by atoms with E-state index < -0.39 is 0 Å². The van der Waals surface area contributed by atoms with E-state index in [1.54, 1.807) is 30.5 Å². The van der Waals surface area contributed by atoms with E-state index in [-0.39, 0.29) is 18.0 Å². The fourth-order valence-corrected chi connectivity index (χ4v) is 2.08. The summed E-state index contributed by atoms with van der Waals surface area (Å²) < 4.78 is 0. The molecule has 0 saturated carbocycles. The highest BCUT2D eigenvalue weighted by Crippen LogP contribution is 2.09. The summed E-state index contributed by atoms with van der Waals surface area (Å²) in [4.78, 5) is 27.9. The van der Waals surface area contributed by atoms with Crippen LogP contribution in [0.15, 0.2) is 48.7 Å². The third-order valence-electron chi connectivity index (χ3n) is 3.22. The molecule has 0 radical (unpaired) electrons. The van der Waals surface area contributed by atoms with E-state index in [1.165, 1.54) is 0 Å². The number of carbonyl (C=O) groups excluding carboxylic acids is 2. The molecular formula is C18H22N4O2. The molecule has 0 unspecified atom stereocenters. The molecular weight excluding hydrogens is 304 g/mol. The van der Waals surface area contributed by atoms with Crippen LogP contribution in [0.1, 0.15) is 29.9 Å². The van der Waals surface area contributed by atoms with Crippen LogP contribution >= 0.6 is 0 Å². The number of benzene rings is 1. The highest BCUT2D eigenvalue weighted by Gasteiger charge is 2.07. The first kappa shape index (κ1) is 17.5. The van der Waals surface area contributed by atoms with Crippen LogP contribution in [0, 0.1) is 0 Å². The molecule has 0 atom stereocenters. The summed E-state index contributed by atoms with van der Waals surface area (Å²) in [5, 5.41) is 8.32. The summed E-state index contributed by atoms with van der Waals surface area (Å²) in [6.45, 7) is 4.31. The number of carbonyl (C=O) groups is 2. The number of anilines is 1. The standard InChI is InChI=1S/C18H22N4O2/c1-13(2)21-17(23)14-6-8-16(9-7-14)22-18(24)20-12-10-15-5-3-4-11-19-15/h3-9,11,13H,10,12H2,1-2H3,(H,21,23)(H2,20,22,24). The lowest BCUT2D eigenvalue weighted by Crippen LogP contribution is -2.31. The maximum absolute atomic E-state index is 11.8. The fraction of sp³-hybridized carbons (Fsp3) is 0.278. The van der Waals surface area contributed by atoms with Gasteiger partial charge in [0.05, 0.1) is 0 Å². The van der Waals surface area contributed by atoms with Gasteiger partial charge in [-0.3, -0.25) is 9.78 Å². The second kappa shape index (κ2) is 8.67. The van der Waals surface area contributed by atoms with Crippen molar-refractivity contribution in [1.82, 2.24) is 15.6 Å². The lowest BCUT2D eigenvalue weighted by molar-refractivity contribution is 0.0943. The predicted octanol–water partition coefficient (Wildman–Crippen LogP) is 2.58. The monoisotopic (exact) mass is 326 g/mol. The molecule has 6 nitrogen and oxygen atoms in total. The maximum Gasteiger partial charge on any atom is 0.319 e. The number of amides is 3. The summed E-state index contributed by atoms with van der Waals surface area (Å²) in [7, 11) is 0. The van der Waals surface area contributed by atoms with Gasteiger partial charge < -0.3 is 16.0 Å². The topological polar surface area (TPSA) is 83.1 Å². The number of nitrogens with one attached hydrogen (secondary N) is 3. The predicted molar refractivity (Wildman–Crippen MR) is 94.0 cm³/mol. The number of aromatic nitrogens is 1. The molecule has 0 saturated heterocycles. The van der Waals surface area contributed by atoms with Crippen molar-refractivity contribution in [2.75, 3.05) is 11.9 Å². The maximum atomic E-state index is 11.8. The largest absolute Gasteiger partial charge is 0.350 e. The SMILES string of the molecule is CC(C)NC(=O)c1ccc(NC(=O)NCCc2ccccn2)cc1. The van der Waals surface area contributed by atoms with Gasteiger partial charge in [0.25, 0.3) is 5.91 Å². The first-order chi connectivity index (χ1) is 11.5. The zero-order valence-electron chi connectivity index (χ0n) is 13.9. The second-order valence-electron chi connectivity index (χ2n) is 5.66. The Morgan fingerprint density at radius 2 is 1.83 bits per heavy atom. The molecule has 2 aromatic rings. The Balaban J connectivity index is 1.78. The highest BCUT2D eigenvalue weighted by molar-refractivity contribution is 5.95. The summed E-state index contributed by atoms with van der Waals surface area (Å²) in [5.41, 5.74) is 2.12. The highest BCUT2D eigenvalue weighted by atomic mass is 16.2. The van der Waals surface area contributed by atoms with Gasteiger partial charge in [0, 0.05) is 42.1 Å². The zero-order chi connectivity index (χ0) is 17.4. The van der Waals surface area contributed by atoms with Gasteiger partial charge in [0.15, 0.2) is 0 Å². The molecule has 1 aromatic carbocycles. The number of urea groups is 1. The minimum atomic E-state index is -0.287. The fourth-order valence-electron chi connectivity index (χ4n) is 2.08. The Labute approximate surface area is 141 Å². The smallest absolute Gasteiger partial charge is 0.319 e. The Bertz CT molecular complexity index is 669. The molecule has 0 spiro atoms. The molecule has 126 valence electrons. The molecule has 1 aromatic heterocycles. The lowest BCUT2D eigenvalue weighted by Gasteiger charge is -2.10. The van der Waals surface area contributed by atoms with Crippen LogP contribution in [-0.4, -0.2) is 29.5 Å². The van der Waals surface area contributed by atoms with Gasteiger partial charge in [0.2, 0.25) is 0 Å². The third kappa shape index (κ3) is 5.72. The van der Waals surface area contributed by atoms with Crippen molar-refractivity contribution < 1.29 is 9.59 Å². The van der Waals surface area contributed by atoms with Crippen molar-refractivity contribution in [3.8, 4) is 0 Å². The molecule has 0 fully saturated rings. The lowest BCUT2D eigenvalue weighted by atomic mass is 10.2. The number of pyridine rings is 1. The van der Waals surface area contributed by atoms with E-state index in [0.717, 1.165) is 5.69 Å². The number of rotatable bonds is 6. The molecule has 0 bridgehead atoms. The first-order valence-corrected chi connectivity index (χ1v) is 7.90. The van der Waals surface area contributed by atoms with Gasteiger partial charge >= 0.3 is 6.03 Å². The zero-order valence-corrected chi connectivity index (χ0v) is 13.9. The average Bonchev–Trinajstić information content (AvgIpc) is 2.56. The van der Waals surface area contributed by atoms with Crippen molar-refractivity contribution in [3.05, 3.63) is 59.9 Å². The summed E-state index contributed by atoms with van der Waals surface area (Å²) >= 11 is 0. The second-order valence-corrected chi connectivity index (χ2v) is 5.66. The van der Waals surface area contributed by atoms with Gasteiger partial charge in [-0.25, -0.2) is 4.79 Å². The van der Waals surface area contributed by atoms with E-state index in [0.29, 0.717) is 24.2 Å². The van der Waals surface area contributed by atoms with E-state index in [1.807, 2.05) is 32.0 Å². The van der Waals surface area contributed by atoms with Crippen LogP contribution in [0.25, 0.3) is 0 Å². The van der Waals surface area contributed by atoms with E-state index in [9.17, 15) is 9.59 Å². The molecule has 24 heavy (non-hydrogen) atoms. The van der Waals surface area contributed by atoms with Crippen molar-refractivity contribution >= 4 is 17.6 Å². The molecule has 0 aliphatic rings. The third-order valence-corrected chi connectivity index (χ3v) is 3.22.